The molecular formula is C19H30FN3O3. The maximum atomic E-state index is 13.4. The average Bonchev–Trinajstić information content (AvgIpc) is 2.67. The number of aliphatic imine (C=N–C) groups is 1. The summed E-state index contributed by atoms with van der Waals surface area (Å²) >= 11 is 0. The summed E-state index contributed by atoms with van der Waals surface area (Å²) < 4.78 is 13.4. The van der Waals surface area contributed by atoms with Gasteiger partial charge in [-0.05, 0) is 49.3 Å². The van der Waals surface area contributed by atoms with Gasteiger partial charge in [-0.2, -0.15) is 0 Å². The van der Waals surface area contributed by atoms with Crippen LogP contribution in [0.3, 0.4) is 0 Å². The normalized spacial score (nSPS) is 27.5. The number of benzene rings is 1. The van der Waals surface area contributed by atoms with Crippen LogP contribution in [0.25, 0.3) is 0 Å². The van der Waals surface area contributed by atoms with E-state index in [0.717, 1.165) is 25.9 Å². The molecule has 1 heterocycles. The van der Waals surface area contributed by atoms with Gasteiger partial charge in [0.25, 0.3) is 0 Å². The van der Waals surface area contributed by atoms with E-state index in [0.29, 0.717) is 18.4 Å². The second kappa shape index (κ2) is 11.9. The van der Waals surface area contributed by atoms with Crippen molar-refractivity contribution in [3.8, 4) is 0 Å². The minimum atomic E-state index is -0.531. The van der Waals surface area contributed by atoms with E-state index in [2.05, 4.69) is 17.2 Å². The van der Waals surface area contributed by atoms with Crippen molar-refractivity contribution in [2.45, 2.75) is 50.9 Å². The number of hydrogen-bond donors (Lipinski definition) is 4. The number of nitrogens with zero attached hydrogens (tertiary/aromatic N) is 1. The first-order valence-corrected chi connectivity index (χ1v) is 8.89. The molecule has 0 bridgehead atoms. The Hall–Kier alpha value is -1.67. The Labute approximate surface area is 154 Å². The third-order valence-corrected chi connectivity index (χ3v) is 4.54. The van der Waals surface area contributed by atoms with Gasteiger partial charge >= 0.3 is 0 Å². The number of carbonyl (C=O) groups is 1. The standard InChI is InChI=1S/C11H12FN3O.C7H14O.CH4O/c12-9-5-7(1-2-8(9)6-16)10-11(13)15-4-3-14-10;1-6-2-4-7(8)5-3-6;1-2/h1-2,4-6,10-11,14H,3,13H2;6-8H,2-5H2,1H3;2H,1H3. The fourth-order valence-electron chi connectivity index (χ4n) is 2.95. The van der Waals surface area contributed by atoms with Crippen molar-refractivity contribution in [2.75, 3.05) is 13.7 Å². The SMILES string of the molecule is CC1CCC(O)CC1.CO.NC1N=CCNC1c1ccc(C=O)c(F)c1. The first-order chi connectivity index (χ1) is 12.5. The highest BCUT2D eigenvalue weighted by Gasteiger charge is 2.21. The van der Waals surface area contributed by atoms with Crippen LogP contribution in [0.5, 0.6) is 0 Å². The van der Waals surface area contributed by atoms with Gasteiger partial charge in [0.2, 0.25) is 0 Å². The van der Waals surface area contributed by atoms with Gasteiger partial charge in [0.1, 0.15) is 12.0 Å². The Morgan fingerprint density at radius 1 is 1.27 bits per heavy atom. The van der Waals surface area contributed by atoms with Gasteiger partial charge in [0.05, 0.1) is 17.7 Å². The molecule has 0 spiro atoms. The van der Waals surface area contributed by atoms with E-state index >= 15 is 0 Å². The first-order valence-electron chi connectivity index (χ1n) is 8.89. The Bertz CT molecular complexity index is 565. The van der Waals surface area contributed by atoms with Crippen LogP contribution in [-0.2, 0) is 0 Å². The molecule has 0 saturated heterocycles. The number of halogens is 1. The molecule has 7 heteroatoms. The summed E-state index contributed by atoms with van der Waals surface area (Å²) in [6.07, 6.45) is 6.29. The van der Waals surface area contributed by atoms with E-state index < -0.39 is 12.0 Å². The average molecular weight is 367 g/mol. The molecule has 3 rings (SSSR count). The predicted octanol–water partition coefficient (Wildman–Crippen LogP) is 1.80. The number of nitrogens with one attached hydrogen (secondary N) is 1. The number of aliphatic hydroxyl groups excluding tert-OH is 2. The molecule has 26 heavy (non-hydrogen) atoms. The number of aliphatic hydroxyl groups is 2. The number of rotatable bonds is 2. The minimum absolute atomic E-state index is 0.0196. The van der Waals surface area contributed by atoms with E-state index in [1.807, 2.05) is 0 Å². The van der Waals surface area contributed by atoms with Crippen LogP contribution in [0.15, 0.2) is 23.2 Å². The molecule has 2 aliphatic rings. The van der Waals surface area contributed by atoms with Crippen molar-refractivity contribution in [1.82, 2.24) is 5.32 Å². The van der Waals surface area contributed by atoms with E-state index in [-0.39, 0.29) is 17.7 Å². The fourth-order valence-corrected chi connectivity index (χ4v) is 2.95. The molecule has 0 aromatic heterocycles. The fraction of sp³-hybridized carbons (Fsp3) is 0.579. The van der Waals surface area contributed by atoms with Gasteiger partial charge in [0, 0.05) is 19.9 Å². The van der Waals surface area contributed by atoms with Gasteiger partial charge < -0.3 is 21.3 Å². The molecule has 1 saturated carbocycles. The van der Waals surface area contributed by atoms with Crippen LogP contribution in [0.1, 0.15) is 54.6 Å². The summed E-state index contributed by atoms with van der Waals surface area (Å²) in [5.74, 6) is 0.328. The zero-order valence-electron chi connectivity index (χ0n) is 15.4. The molecule has 5 N–H and O–H groups in total. The topological polar surface area (TPSA) is 108 Å². The molecule has 1 aliphatic carbocycles. The van der Waals surface area contributed by atoms with Crippen molar-refractivity contribution in [3.05, 3.63) is 35.1 Å². The second-order valence-corrected chi connectivity index (χ2v) is 6.52. The third-order valence-electron chi connectivity index (χ3n) is 4.54. The minimum Gasteiger partial charge on any atom is -0.400 e. The molecule has 146 valence electrons. The van der Waals surface area contributed by atoms with Crippen LogP contribution in [0.4, 0.5) is 4.39 Å². The Kier molecular flexibility index (Phi) is 10.2. The lowest BCUT2D eigenvalue weighted by Crippen LogP contribution is -2.41. The predicted molar refractivity (Wildman–Crippen MR) is 101 cm³/mol. The smallest absolute Gasteiger partial charge is 0.152 e. The molecule has 1 aromatic carbocycles. The van der Waals surface area contributed by atoms with Crippen molar-refractivity contribution in [1.29, 1.82) is 0 Å². The van der Waals surface area contributed by atoms with Crippen molar-refractivity contribution < 1.29 is 19.4 Å². The van der Waals surface area contributed by atoms with Gasteiger partial charge in [-0.1, -0.05) is 13.0 Å². The lowest BCUT2D eigenvalue weighted by molar-refractivity contribution is 0.111. The van der Waals surface area contributed by atoms with Crippen LogP contribution < -0.4 is 11.1 Å². The first kappa shape index (κ1) is 22.4. The lowest BCUT2D eigenvalue weighted by Gasteiger charge is -2.25. The Balaban J connectivity index is 0.000000284. The van der Waals surface area contributed by atoms with Gasteiger partial charge in [-0.15, -0.1) is 0 Å². The maximum Gasteiger partial charge on any atom is 0.152 e. The molecule has 1 fully saturated rings. The van der Waals surface area contributed by atoms with Crippen LogP contribution in [0.2, 0.25) is 0 Å². The zero-order valence-corrected chi connectivity index (χ0v) is 15.4. The van der Waals surface area contributed by atoms with E-state index in [1.165, 1.54) is 25.0 Å². The monoisotopic (exact) mass is 367 g/mol. The largest absolute Gasteiger partial charge is 0.400 e. The molecule has 2 unspecified atom stereocenters. The highest BCUT2D eigenvalue weighted by atomic mass is 19.1. The van der Waals surface area contributed by atoms with Gasteiger partial charge in [-0.25, -0.2) is 4.39 Å². The summed E-state index contributed by atoms with van der Waals surface area (Å²) in [6, 6.07) is 4.25. The summed E-state index contributed by atoms with van der Waals surface area (Å²) in [6.45, 7) is 2.86. The number of nitrogens with two attached hydrogens (primary N) is 1. The van der Waals surface area contributed by atoms with Crippen molar-refractivity contribution >= 4 is 12.5 Å². The number of carbonyl (C=O) groups excluding carboxylic acids is 1. The molecule has 1 aliphatic heterocycles. The molecule has 0 amide bonds. The maximum absolute atomic E-state index is 13.4. The quantitative estimate of drug-likeness (QED) is 0.596. The molecule has 1 aromatic rings. The number of aldehydes is 1. The van der Waals surface area contributed by atoms with Crippen molar-refractivity contribution in [2.24, 2.45) is 16.6 Å². The Morgan fingerprint density at radius 2 is 1.92 bits per heavy atom. The summed E-state index contributed by atoms with van der Waals surface area (Å²) in [4.78, 5) is 14.5. The number of hydrogen-bond acceptors (Lipinski definition) is 6. The molecule has 2 atom stereocenters. The third kappa shape index (κ3) is 6.92. The lowest BCUT2D eigenvalue weighted by atomic mass is 9.89. The second-order valence-electron chi connectivity index (χ2n) is 6.52. The zero-order chi connectivity index (χ0) is 19.5. The van der Waals surface area contributed by atoms with Gasteiger partial charge in [0.15, 0.2) is 6.29 Å². The summed E-state index contributed by atoms with van der Waals surface area (Å²) in [5.41, 5.74) is 6.53. The molecular weight excluding hydrogens is 337 g/mol. The highest BCUT2D eigenvalue weighted by Crippen LogP contribution is 2.23. The molecule has 6 nitrogen and oxygen atoms in total. The summed E-state index contributed by atoms with van der Waals surface area (Å²) in [5, 5.41) is 19.1. The van der Waals surface area contributed by atoms with Crippen LogP contribution in [-0.4, -0.2) is 48.6 Å². The Morgan fingerprint density at radius 3 is 2.42 bits per heavy atom. The van der Waals surface area contributed by atoms with Gasteiger partial charge in [-0.3, -0.25) is 9.79 Å². The summed E-state index contributed by atoms with van der Waals surface area (Å²) in [7, 11) is 1.00. The van der Waals surface area contributed by atoms with Crippen LogP contribution in [0, 0.1) is 11.7 Å². The van der Waals surface area contributed by atoms with E-state index in [4.69, 9.17) is 15.9 Å². The van der Waals surface area contributed by atoms with E-state index in [9.17, 15) is 9.18 Å². The van der Waals surface area contributed by atoms with Crippen LogP contribution >= 0.6 is 0 Å². The van der Waals surface area contributed by atoms with Crippen molar-refractivity contribution in [3.63, 3.8) is 0 Å². The highest BCUT2D eigenvalue weighted by molar-refractivity contribution is 5.75. The van der Waals surface area contributed by atoms with E-state index in [1.54, 1.807) is 12.3 Å². The molecule has 0 radical (unpaired) electrons.